The maximum atomic E-state index is 11.7. The molecular weight excluding hydrogens is 344 g/mol. The highest BCUT2D eigenvalue weighted by molar-refractivity contribution is 5.67. The van der Waals surface area contributed by atoms with Gasteiger partial charge < -0.3 is 9.47 Å². The molecule has 2 rings (SSSR count). The molecule has 0 aromatic heterocycles. The van der Waals surface area contributed by atoms with Gasteiger partial charge in [0.1, 0.15) is 0 Å². The van der Waals surface area contributed by atoms with E-state index >= 15 is 0 Å². The predicted molar refractivity (Wildman–Crippen MR) is 102 cm³/mol. The molecule has 27 heavy (non-hydrogen) atoms. The summed E-state index contributed by atoms with van der Waals surface area (Å²) in [7, 11) is 0. The minimum atomic E-state index is -1.35. The third kappa shape index (κ3) is 5.48. The van der Waals surface area contributed by atoms with Gasteiger partial charge in [-0.2, -0.15) is 0 Å². The summed E-state index contributed by atoms with van der Waals surface area (Å²) in [5, 5.41) is 8.62. The lowest BCUT2D eigenvalue weighted by Crippen LogP contribution is -2.32. The minimum Gasteiger partial charge on any atom is -0.431 e. The second kappa shape index (κ2) is 8.58. The van der Waals surface area contributed by atoms with E-state index < -0.39 is 23.4 Å². The number of carbonyl (C=O) groups is 2. The van der Waals surface area contributed by atoms with Crippen LogP contribution in [-0.4, -0.2) is 17.7 Å². The van der Waals surface area contributed by atoms with Crippen molar-refractivity contribution in [3.8, 4) is 0 Å². The largest absolute Gasteiger partial charge is 0.431 e. The van der Waals surface area contributed by atoms with E-state index in [-0.39, 0.29) is 0 Å². The van der Waals surface area contributed by atoms with Crippen LogP contribution in [0.15, 0.2) is 76.5 Å². The maximum Gasteiger partial charge on any atom is 0.305 e. The molecule has 1 aromatic carbocycles. The Kier molecular flexibility index (Phi) is 6.45. The second-order valence-corrected chi connectivity index (χ2v) is 6.41. The maximum absolute atomic E-state index is 11.7. The van der Waals surface area contributed by atoms with Crippen LogP contribution in [0.3, 0.4) is 0 Å². The zero-order valence-electron chi connectivity index (χ0n) is 16.0. The van der Waals surface area contributed by atoms with Gasteiger partial charge >= 0.3 is 11.9 Å². The third-order valence-corrected chi connectivity index (χ3v) is 3.94. The summed E-state index contributed by atoms with van der Waals surface area (Å²) in [6, 6.07) is 9.07. The number of allylic oxidation sites excluding steroid dienone is 4. The van der Waals surface area contributed by atoms with Crippen molar-refractivity contribution >= 4 is 11.9 Å². The van der Waals surface area contributed by atoms with Crippen LogP contribution in [0, 0.1) is 0 Å². The lowest BCUT2D eigenvalue weighted by Gasteiger charge is -2.28. The Labute approximate surface area is 159 Å². The molecule has 2 atom stereocenters. The number of hydrogen-bond acceptors (Lipinski definition) is 6. The summed E-state index contributed by atoms with van der Waals surface area (Å²) < 4.78 is 10.9. The van der Waals surface area contributed by atoms with Gasteiger partial charge in [0.15, 0.2) is 0 Å². The van der Waals surface area contributed by atoms with Gasteiger partial charge in [0.25, 0.3) is 0 Å². The van der Waals surface area contributed by atoms with E-state index in [4.69, 9.17) is 9.47 Å². The van der Waals surface area contributed by atoms with Crippen LogP contribution in [0.25, 0.3) is 0 Å². The van der Waals surface area contributed by atoms with Crippen molar-refractivity contribution in [2.45, 2.75) is 45.6 Å². The molecule has 0 aliphatic heterocycles. The van der Waals surface area contributed by atoms with Crippen molar-refractivity contribution in [2.24, 2.45) is 10.2 Å². The molecule has 1 aliphatic carbocycles. The number of ether oxygens (including phenoxy) is 2. The highest BCUT2D eigenvalue weighted by Gasteiger charge is 2.35. The number of rotatable bonds is 6. The monoisotopic (exact) mass is 368 g/mol. The number of azo groups is 1. The third-order valence-electron chi connectivity index (χ3n) is 3.94. The van der Waals surface area contributed by atoms with Gasteiger partial charge in [0.2, 0.25) is 11.4 Å². The summed E-state index contributed by atoms with van der Waals surface area (Å²) >= 11 is 0. The van der Waals surface area contributed by atoms with Crippen LogP contribution in [0.2, 0.25) is 0 Å². The standard InChI is InChI=1S/C21H24N2O4/c1-16(24)26-20(3,18-12-8-5-6-9-13-18)22-23-21(4,27-17(2)25)19-14-10-7-11-15-19/h5,7-15H,6H2,1-4H3. The minimum absolute atomic E-state index is 0.493. The highest BCUT2D eigenvalue weighted by Crippen LogP contribution is 2.32. The molecule has 6 heteroatoms. The first-order chi connectivity index (χ1) is 12.8. The van der Waals surface area contributed by atoms with Gasteiger partial charge in [-0.1, -0.05) is 60.7 Å². The number of nitrogens with zero attached hydrogens (tertiary/aromatic N) is 2. The molecule has 1 aliphatic rings. The Hall–Kier alpha value is -3.02. The fourth-order valence-corrected chi connectivity index (χ4v) is 2.66. The molecule has 0 spiro atoms. The van der Waals surface area contributed by atoms with Crippen molar-refractivity contribution < 1.29 is 19.1 Å². The summed E-state index contributed by atoms with van der Waals surface area (Å²) in [5.41, 5.74) is -1.39. The first kappa shape index (κ1) is 20.3. The quantitative estimate of drug-likeness (QED) is 0.543. The fourth-order valence-electron chi connectivity index (χ4n) is 2.66. The number of benzene rings is 1. The lowest BCUT2D eigenvalue weighted by molar-refractivity contribution is -0.159. The molecule has 0 N–H and O–H groups in total. The van der Waals surface area contributed by atoms with Crippen molar-refractivity contribution in [1.29, 1.82) is 0 Å². The zero-order chi connectivity index (χ0) is 19.9. The number of carbonyl (C=O) groups excluding carboxylic acids is 2. The Morgan fingerprint density at radius 1 is 0.926 bits per heavy atom. The number of esters is 2. The van der Waals surface area contributed by atoms with E-state index in [0.717, 1.165) is 6.42 Å². The van der Waals surface area contributed by atoms with Crippen LogP contribution in [0.1, 0.15) is 39.7 Å². The van der Waals surface area contributed by atoms with E-state index in [9.17, 15) is 9.59 Å². The molecule has 142 valence electrons. The predicted octanol–water partition coefficient (Wildman–Crippen LogP) is 4.60. The smallest absolute Gasteiger partial charge is 0.305 e. The van der Waals surface area contributed by atoms with Gasteiger partial charge in [-0.3, -0.25) is 9.59 Å². The van der Waals surface area contributed by atoms with Crippen LogP contribution in [0.4, 0.5) is 0 Å². The average Bonchev–Trinajstić information content (AvgIpc) is 2.90. The molecule has 0 fully saturated rings. The van der Waals surface area contributed by atoms with Crippen LogP contribution in [-0.2, 0) is 24.8 Å². The molecule has 2 unspecified atom stereocenters. The summed E-state index contributed by atoms with van der Waals surface area (Å²) in [6.45, 7) is 5.90. The van der Waals surface area contributed by atoms with Gasteiger partial charge in [0.05, 0.1) is 0 Å². The molecule has 0 amide bonds. The average molecular weight is 368 g/mol. The SMILES string of the molecule is CC(=O)OC(C)(N=NC(C)(OC(C)=O)c1ccccc1)C1=CC=CCC=C1. The normalized spacial score (nSPS) is 18.1. The van der Waals surface area contributed by atoms with Gasteiger partial charge in [-0.15, -0.1) is 10.2 Å². The van der Waals surface area contributed by atoms with Crippen molar-refractivity contribution in [2.75, 3.05) is 0 Å². The summed E-state index contributed by atoms with van der Waals surface area (Å²) in [4.78, 5) is 23.3. The molecule has 0 saturated heterocycles. The Morgan fingerprint density at radius 2 is 1.52 bits per heavy atom. The fraction of sp³-hybridized carbons (Fsp3) is 0.333. The molecule has 1 aromatic rings. The molecule has 0 heterocycles. The molecule has 0 saturated carbocycles. The van der Waals surface area contributed by atoms with Gasteiger partial charge in [0, 0.05) is 38.8 Å². The lowest BCUT2D eigenvalue weighted by atomic mass is 10.0. The Balaban J connectivity index is 2.47. The van der Waals surface area contributed by atoms with Crippen LogP contribution >= 0.6 is 0 Å². The topological polar surface area (TPSA) is 77.3 Å². The van der Waals surface area contributed by atoms with Gasteiger partial charge in [-0.05, 0) is 6.42 Å². The van der Waals surface area contributed by atoms with Gasteiger partial charge in [-0.25, -0.2) is 0 Å². The number of hydrogen-bond donors (Lipinski definition) is 0. The van der Waals surface area contributed by atoms with E-state index in [1.807, 2.05) is 48.6 Å². The first-order valence-corrected chi connectivity index (χ1v) is 8.68. The van der Waals surface area contributed by atoms with E-state index in [1.54, 1.807) is 26.0 Å². The summed E-state index contributed by atoms with van der Waals surface area (Å²) in [5.74, 6) is -0.987. The van der Waals surface area contributed by atoms with Crippen LogP contribution in [0.5, 0.6) is 0 Å². The molecule has 6 nitrogen and oxygen atoms in total. The highest BCUT2D eigenvalue weighted by atomic mass is 16.6. The van der Waals surface area contributed by atoms with Crippen LogP contribution < -0.4 is 0 Å². The zero-order valence-corrected chi connectivity index (χ0v) is 16.0. The van der Waals surface area contributed by atoms with Crippen molar-refractivity contribution in [3.63, 3.8) is 0 Å². The first-order valence-electron chi connectivity index (χ1n) is 8.68. The summed E-state index contributed by atoms with van der Waals surface area (Å²) in [6.07, 6.45) is 10.2. The van der Waals surface area contributed by atoms with E-state index in [1.165, 1.54) is 13.8 Å². The Morgan fingerprint density at radius 3 is 2.15 bits per heavy atom. The van der Waals surface area contributed by atoms with Crippen molar-refractivity contribution in [1.82, 2.24) is 0 Å². The second-order valence-electron chi connectivity index (χ2n) is 6.41. The van der Waals surface area contributed by atoms with E-state index in [0.29, 0.717) is 11.1 Å². The van der Waals surface area contributed by atoms with Crippen molar-refractivity contribution in [3.05, 3.63) is 71.8 Å². The van der Waals surface area contributed by atoms with E-state index in [2.05, 4.69) is 10.2 Å². The Bertz CT molecular complexity index is 811. The molecular formula is C21H24N2O4. The molecule has 0 radical (unpaired) electrons. The molecule has 0 bridgehead atoms.